The van der Waals surface area contributed by atoms with Crippen molar-refractivity contribution in [3.63, 3.8) is 0 Å². The zero-order valence-corrected chi connectivity index (χ0v) is 15.9. The minimum atomic E-state index is -0.271. The molecule has 1 aliphatic heterocycles. The van der Waals surface area contributed by atoms with Gasteiger partial charge in [-0.05, 0) is 63.0 Å². The summed E-state index contributed by atoms with van der Waals surface area (Å²) in [7, 11) is 0. The van der Waals surface area contributed by atoms with E-state index in [4.69, 9.17) is 11.6 Å². The second kappa shape index (κ2) is 8.19. The number of nitrogens with zero attached hydrogens (tertiary/aromatic N) is 1. The number of amides is 1. The Morgan fingerprint density at radius 1 is 1.15 bits per heavy atom. The summed E-state index contributed by atoms with van der Waals surface area (Å²) in [5.41, 5.74) is 3.60. The first-order valence-corrected chi connectivity index (χ1v) is 9.36. The van der Waals surface area contributed by atoms with Gasteiger partial charge in [0.15, 0.2) is 0 Å². The predicted octanol–water partition coefficient (Wildman–Crippen LogP) is 4.95. The van der Waals surface area contributed by atoms with Crippen LogP contribution in [0.4, 0.5) is 10.1 Å². The number of halogens is 2. The van der Waals surface area contributed by atoms with E-state index in [1.807, 2.05) is 32.0 Å². The number of aryl methyl sites for hydroxylation is 2. The zero-order chi connectivity index (χ0) is 18.7. The van der Waals surface area contributed by atoms with Gasteiger partial charge < -0.3 is 5.32 Å². The highest BCUT2D eigenvalue weighted by Gasteiger charge is 2.26. The monoisotopic (exact) mass is 374 g/mol. The van der Waals surface area contributed by atoms with Gasteiger partial charge in [0.2, 0.25) is 5.91 Å². The van der Waals surface area contributed by atoms with E-state index in [-0.39, 0.29) is 17.6 Å². The van der Waals surface area contributed by atoms with Crippen LogP contribution in [0.1, 0.15) is 29.5 Å². The fraction of sp³-hybridized carbons (Fsp3) is 0.381. The van der Waals surface area contributed by atoms with Crippen molar-refractivity contribution < 1.29 is 9.18 Å². The summed E-state index contributed by atoms with van der Waals surface area (Å²) in [6, 6.07) is 10.8. The smallest absolute Gasteiger partial charge is 0.227 e. The van der Waals surface area contributed by atoms with Gasteiger partial charge in [0.05, 0.1) is 0 Å². The van der Waals surface area contributed by atoms with Crippen LogP contribution in [0.5, 0.6) is 0 Å². The second-order valence-electron chi connectivity index (χ2n) is 7.01. The molecule has 0 unspecified atom stereocenters. The lowest BCUT2D eigenvalue weighted by Gasteiger charge is -2.31. The van der Waals surface area contributed by atoms with Gasteiger partial charge >= 0.3 is 0 Å². The Bertz CT molecular complexity index is 760. The molecular weight excluding hydrogens is 351 g/mol. The summed E-state index contributed by atoms with van der Waals surface area (Å²) in [5.74, 6) is -0.209. The molecule has 26 heavy (non-hydrogen) atoms. The molecule has 3 rings (SSSR count). The fourth-order valence-electron chi connectivity index (χ4n) is 3.50. The van der Waals surface area contributed by atoms with Gasteiger partial charge in [-0.15, -0.1) is 0 Å². The third-order valence-corrected chi connectivity index (χ3v) is 5.49. The molecular formula is C21H24ClFN2O. The van der Waals surface area contributed by atoms with Crippen LogP contribution in [0.2, 0.25) is 5.02 Å². The topological polar surface area (TPSA) is 32.3 Å². The van der Waals surface area contributed by atoms with E-state index in [9.17, 15) is 9.18 Å². The van der Waals surface area contributed by atoms with Crippen molar-refractivity contribution in [3.8, 4) is 0 Å². The minimum Gasteiger partial charge on any atom is -0.325 e. The van der Waals surface area contributed by atoms with E-state index >= 15 is 0 Å². The first kappa shape index (κ1) is 18.9. The number of anilines is 1. The van der Waals surface area contributed by atoms with Crippen molar-refractivity contribution in [2.45, 2.75) is 33.2 Å². The molecule has 0 spiro atoms. The normalized spacial score (nSPS) is 15.8. The van der Waals surface area contributed by atoms with Gasteiger partial charge in [-0.3, -0.25) is 9.69 Å². The van der Waals surface area contributed by atoms with Crippen molar-refractivity contribution >= 4 is 23.2 Å². The maximum Gasteiger partial charge on any atom is 0.227 e. The van der Waals surface area contributed by atoms with E-state index in [2.05, 4.69) is 10.2 Å². The van der Waals surface area contributed by atoms with E-state index in [0.29, 0.717) is 17.1 Å². The van der Waals surface area contributed by atoms with Crippen LogP contribution in [0.25, 0.3) is 0 Å². The van der Waals surface area contributed by atoms with E-state index in [1.54, 1.807) is 12.1 Å². The van der Waals surface area contributed by atoms with Crippen molar-refractivity contribution in [2.24, 2.45) is 5.92 Å². The van der Waals surface area contributed by atoms with Crippen LogP contribution < -0.4 is 5.32 Å². The molecule has 1 amide bonds. The Labute approximate surface area is 159 Å². The first-order valence-electron chi connectivity index (χ1n) is 8.98. The summed E-state index contributed by atoms with van der Waals surface area (Å²) in [6.45, 7) is 6.01. The lowest BCUT2D eigenvalue weighted by atomic mass is 9.95. The van der Waals surface area contributed by atoms with E-state index in [1.165, 1.54) is 6.07 Å². The molecule has 3 nitrogen and oxygen atoms in total. The van der Waals surface area contributed by atoms with Crippen molar-refractivity contribution in [1.29, 1.82) is 0 Å². The van der Waals surface area contributed by atoms with Crippen LogP contribution in [0.3, 0.4) is 0 Å². The Morgan fingerprint density at radius 3 is 2.38 bits per heavy atom. The molecule has 1 saturated heterocycles. The number of hydrogen-bond donors (Lipinski definition) is 1. The average molecular weight is 375 g/mol. The molecule has 0 aromatic heterocycles. The number of hydrogen-bond acceptors (Lipinski definition) is 2. The Hall–Kier alpha value is -1.91. The van der Waals surface area contributed by atoms with Crippen LogP contribution in [0.15, 0.2) is 36.4 Å². The summed E-state index contributed by atoms with van der Waals surface area (Å²) in [5, 5.41) is 3.55. The molecule has 5 heteroatoms. The summed E-state index contributed by atoms with van der Waals surface area (Å²) in [6.07, 6.45) is 1.53. The number of likely N-dealkylation sites (tertiary alicyclic amines) is 1. The quantitative estimate of drug-likeness (QED) is 0.821. The summed E-state index contributed by atoms with van der Waals surface area (Å²) in [4.78, 5) is 14.8. The number of carbonyl (C=O) groups excluding carboxylic acids is 1. The number of rotatable bonds is 4. The maximum atomic E-state index is 14.0. The summed E-state index contributed by atoms with van der Waals surface area (Å²) < 4.78 is 14.0. The fourth-order valence-corrected chi connectivity index (χ4v) is 3.72. The minimum absolute atomic E-state index is 0.0126. The lowest BCUT2D eigenvalue weighted by molar-refractivity contribution is -0.121. The van der Waals surface area contributed by atoms with Crippen molar-refractivity contribution in [1.82, 2.24) is 4.90 Å². The molecule has 1 heterocycles. The lowest BCUT2D eigenvalue weighted by Crippen LogP contribution is -2.38. The molecule has 0 atom stereocenters. The van der Waals surface area contributed by atoms with Gasteiger partial charge in [-0.25, -0.2) is 4.39 Å². The van der Waals surface area contributed by atoms with Crippen LogP contribution in [-0.2, 0) is 11.3 Å². The standard InChI is InChI=1S/C21H24ClFN2O/c1-14-5-3-6-15(2)20(14)24-21(26)16-9-11-25(12-10-16)13-17-18(22)7-4-8-19(17)23/h3-8,16H,9-13H2,1-2H3,(H,24,26). The van der Waals surface area contributed by atoms with Crippen LogP contribution >= 0.6 is 11.6 Å². The molecule has 1 fully saturated rings. The van der Waals surface area contributed by atoms with E-state index < -0.39 is 0 Å². The van der Waals surface area contributed by atoms with Gasteiger partial charge in [-0.2, -0.15) is 0 Å². The highest BCUT2D eigenvalue weighted by Crippen LogP contribution is 2.26. The number of carbonyl (C=O) groups is 1. The maximum absolute atomic E-state index is 14.0. The Kier molecular flexibility index (Phi) is 5.94. The first-order chi connectivity index (χ1) is 12.5. The van der Waals surface area contributed by atoms with Gasteiger partial charge in [0.1, 0.15) is 5.82 Å². The molecule has 138 valence electrons. The highest BCUT2D eigenvalue weighted by atomic mass is 35.5. The number of para-hydroxylation sites is 1. The molecule has 0 saturated carbocycles. The van der Waals surface area contributed by atoms with Crippen molar-refractivity contribution in [2.75, 3.05) is 18.4 Å². The molecule has 0 bridgehead atoms. The second-order valence-corrected chi connectivity index (χ2v) is 7.41. The predicted molar refractivity (Wildman–Crippen MR) is 104 cm³/mol. The Balaban J connectivity index is 1.57. The SMILES string of the molecule is Cc1cccc(C)c1NC(=O)C1CCN(Cc2c(F)cccc2Cl)CC1. The molecule has 2 aromatic rings. The van der Waals surface area contributed by atoms with E-state index in [0.717, 1.165) is 42.7 Å². The largest absolute Gasteiger partial charge is 0.325 e. The number of nitrogens with one attached hydrogen (secondary N) is 1. The number of benzene rings is 2. The summed E-state index contributed by atoms with van der Waals surface area (Å²) >= 11 is 6.12. The third kappa shape index (κ3) is 4.25. The molecule has 1 aliphatic rings. The molecule has 1 N–H and O–H groups in total. The highest BCUT2D eigenvalue weighted by molar-refractivity contribution is 6.31. The van der Waals surface area contributed by atoms with Gasteiger partial charge in [0, 0.05) is 28.7 Å². The number of piperidine rings is 1. The van der Waals surface area contributed by atoms with Crippen LogP contribution in [-0.4, -0.2) is 23.9 Å². The van der Waals surface area contributed by atoms with Gasteiger partial charge in [-0.1, -0.05) is 35.9 Å². The molecule has 0 aliphatic carbocycles. The molecule has 0 radical (unpaired) electrons. The average Bonchev–Trinajstić information content (AvgIpc) is 2.62. The van der Waals surface area contributed by atoms with Crippen molar-refractivity contribution in [3.05, 3.63) is 63.9 Å². The van der Waals surface area contributed by atoms with Gasteiger partial charge in [0.25, 0.3) is 0 Å². The van der Waals surface area contributed by atoms with Crippen LogP contribution in [0, 0.1) is 25.6 Å². The molecule has 2 aromatic carbocycles. The zero-order valence-electron chi connectivity index (χ0n) is 15.2. The Morgan fingerprint density at radius 2 is 1.77 bits per heavy atom. The third-order valence-electron chi connectivity index (χ3n) is 5.13.